The largest absolute Gasteiger partial charge is 0.341 e. The maximum atomic E-state index is 11.6. The van der Waals surface area contributed by atoms with Crippen LogP contribution < -0.4 is 16.0 Å². The Morgan fingerprint density at radius 3 is 3.00 bits per heavy atom. The predicted molar refractivity (Wildman–Crippen MR) is 71.7 cm³/mol. The summed E-state index contributed by atoms with van der Waals surface area (Å²) < 4.78 is 0. The van der Waals surface area contributed by atoms with Gasteiger partial charge < -0.3 is 16.0 Å². The van der Waals surface area contributed by atoms with E-state index in [-0.39, 0.29) is 17.2 Å². The number of amides is 3. The van der Waals surface area contributed by atoms with Gasteiger partial charge in [0.1, 0.15) is 0 Å². The average molecular weight is 265 g/mol. The van der Waals surface area contributed by atoms with Gasteiger partial charge >= 0.3 is 6.03 Å². The van der Waals surface area contributed by atoms with E-state index in [2.05, 4.69) is 16.0 Å². The third kappa shape index (κ3) is 2.76. The molecule has 0 fully saturated rings. The van der Waals surface area contributed by atoms with Gasteiger partial charge in [0.05, 0.1) is 10.9 Å². The number of fused-ring (bicyclic) bond motifs is 1. The molecule has 0 bridgehead atoms. The molecule has 0 spiro atoms. The summed E-state index contributed by atoms with van der Waals surface area (Å²) in [5.41, 5.74) is 1.77. The van der Waals surface area contributed by atoms with Crippen molar-refractivity contribution in [2.75, 3.05) is 12.4 Å². The summed E-state index contributed by atoms with van der Waals surface area (Å²) in [5, 5.41) is 7.99. The minimum Gasteiger partial charge on any atom is -0.341 e. The molecule has 0 saturated heterocycles. The minimum atomic E-state index is -0.222. The average Bonchev–Trinajstić information content (AvgIpc) is 2.37. The molecule has 18 heavy (non-hydrogen) atoms. The molecule has 5 nitrogen and oxygen atoms in total. The van der Waals surface area contributed by atoms with Gasteiger partial charge in [-0.2, -0.15) is 0 Å². The number of thioether (sulfide) groups is 1. The van der Waals surface area contributed by atoms with E-state index >= 15 is 0 Å². The van der Waals surface area contributed by atoms with Crippen LogP contribution in [0.5, 0.6) is 0 Å². The highest BCUT2D eigenvalue weighted by molar-refractivity contribution is 8.00. The zero-order valence-corrected chi connectivity index (χ0v) is 11.1. The summed E-state index contributed by atoms with van der Waals surface area (Å²) in [7, 11) is 1.57. The smallest absolute Gasteiger partial charge is 0.314 e. The first-order chi connectivity index (χ1) is 8.60. The van der Waals surface area contributed by atoms with Crippen LogP contribution >= 0.6 is 11.8 Å². The second kappa shape index (κ2) is 5.30. The molecule has 1 aliphatic rings. The number of hydrogen-bond donors (Lipinski definition) is 3. The second-order valence-electron chi connectivity index (χ2n) is 4.01. The van der Waals surface area contributed by atoms with Crippen LogP contribution in [0.2, 0.25) is 0 Å². The van der Waals surface area contributed by atoms with Gasteiger partial charge in [0, 0.05) is 18.5 Å². The van der Waals surface area contributed by atoms with E-state index < -0.39 is 0 Å². The van der Waals surface area contributed by atoms with Crippen molar-refractivity contribution in [3.63, 3.8) is 0 Å². The third-order valence-electron chi connectivity index (χ3n) is 2.65. The molecule has 2 rings (SSSR count). The second-order valence-corrected chi connectivity index (χ2v) is 5.40. The first-order valence-corrected chi connectivity index (χ1v) is 6.54. The Morgan fingerprint density at radius 2 is 2.28 bits per heavy atom. The van der Waals surface area contributed by atoms with Crippen LogP contribution in [-0.2, 0) is 11.3 Å². The van der Waals surface area contributed by atoms with Crippen LogP contribution in [0, 0.1) is 0 Å². The molecule has 1 atom stereocenters. The summed E-state index contributed by atoms with van der Waals surface area (Å²) in [6.45, 7) is 2.31. The molecule has 1 aromatic carbocycles. The molecule has 0 aromatic heterocycles. The molecular formula is C12H15N3O2S. The fourth-order valence-electron chi connectivity index (χ4n) is 1.64. The molecule has 96 valence electrons. The van der Waals surface area contributed by atoms with Crippen molar-refractivity contribution in [1.29, 1.82) is 0 Å². The highest BCUT2D eigenvalue weighted by Crippen LogP contribution is 2.35. The Kier molecular flexibility index (Phi) is 3.76. The van der Waals surface area contributed by atoms with Crippen LogP contribution in [0.3, 0.4) is 0 Å². The maximum absolute atomic E-state index is 11.6. The molecule has 1 aliphatic heterocycles. The maximum Gasteiger partial charge on any atom is 0.314 e. The number of anilines is 1. The lowest BCUT2D eigenvalue weighted by molar-refractivity contribution is -0.115. The van der Waals surface area contributed by atoms with Crippen LogP contribution in [0.25, 0.3) is 0 Å². The van der Waals surface area contributed by atoms with Crippen LogP contribution in [-0.4, -0.2) is 24.2 Å². The number of carbonyl (C=O) groups excluding carboxylic acids is 2. The Hall–Kier alpha value is -1.69. The van der Waals surface area contributed by atoms with Gasteiger partial charge in [0.2, 0.25) is 5.91 Å². The van der Waals surface area contributed by atoms with Gasteiger partial charge in [-0.3, -0.25) is 4.79 Å². The number of nitrogens with one attached hydrogen (secondary N) is 3. The number of hydrogen-bond acceptors (Lipinski definition) is 3. The van der Waals surface area contributed by atoms with E-state index in [0.29, 0.717) is 6.54 Å². The zero-order valence-electron chi connectivity index (χ0n) is 10.2. The Labute approximate surface area is 110 Å². The first kappa shape index (κ1) is 12.8. The third-order valence-corrected chi connectivity index (χ3v) is 3.83. The van der Waals surface area contributed by atoms with Gasteiger partial charge in [-0.1, -0.05) is 6.07 Å². The molecule has 0 aliphatic carbocycles. The highest BCUT2D eigenvalue weighted by atomic mass is 32.2. The predicted octanol–water partition coefficient (Wildman–Crippen LogP) is 1.55. The zero-order chi connectivity index (χ0) is 13.1. The van der Waals surface area contributed by atoms with Gasteiger partial charge in [-0.15, -0.1) is 11.8 Å². The van der Waals surface area contributed by atoms with E-state index in [4.69, 9.17) is 0 Å². The number of carbonyl (C=O) groups is 2. The van der Waals surface area contributed by atoms with Gasteiger partial charge in [-0.05, 0) is 24.6 Å². The lowest BCUT2D eigenvalue weighted by Gasteiger charge is -2.21. The normalized spacial score (nSPS) is 17.7. The lowest BCUT2D eigenvalue weighted by atomic mass is 10.2. The summed E-state index contributed by atoms with van der Waals surface area (Å²) in [5.74, 6) is 0.0175. The van der Waals surface area contributed by atoms with Crippen molar-refractivity contribution in [2.24, 2.45) is 0 Å². The van der Waals surface area contributed by atoms with Crippen LogP contribution in [0.15, 0.2) is 23.1 Å². The first-order valence-electron chi connectivity index (χ1n) is 5.66. The van der Waals surface area contributed by atoms with E-state index in [1.807, 2.05) is 25.1 Å². The van der Waals surface area contributed by atoms with Crippen molar-refractivity contribution < 1.29 is 9.59 Å². The van der Waals surface area contributed by atoms with Crippen molar-refractivity contribution in [3.05, 3.63) is 23.8 Å². The Bertz CT molecular complexity index is 490. The topological polar surface area (TPSA) is 70.2 Å². The van der Waals surface area contributed by atoms with E-state index in [1.54, 1.807) is 18.8 Å². The molecular weight excluding hydrogens is 250 g/mol. The summed E-state index contributed by atoms with van der Waals surface area (Å²) in [4.78, 5) is 23.7. The van der Waals surface area contributed by atoms with E-state index in [0.717, 1.165) is 16.1 Å². The number of rotatable bonds is 2. The molecule has 1 unspecified atom stereocenters. The molecule has 1 aromatic rings. The van der Waals surface area contributed by atoms with E-state index in [1.165, 1.54) is 0 Å². The fraction of sp³-hybridized carbons (Fsp3) is 0.333. The summed E-state index contributed by atoms with van der Waals surface area (Å²) in [6, 6.07) is 5.59. The van der Waals surface area contributed by atoms with Gasteiger partial charge in [0.15, 0.2) is 0 Å². The molecule has 1 heterocycles. The van der Waals surface area contributed by atoms with Gasteiger partial charge in [-0.25, -0.2) is 4.79 Å². The monoisotopic (exact) mass is 265 g/mol. The van der Waals surface area contributed by atoms with Crippen molar-refractivity contribution in [2.45, 2.75) is 23.6 Å². The standard InChI is InChI=1S/C12H15N3O2S/c1-7-11(16)15-9-5-8(3-4-10(9)18-7)6-14-12(17)13-2/h3-5,7H,6H2,1-2H3,(H,15,16)(H2,13,14,17). The molecule has 3 N–H and O–H groups in total. The summed E-state index contributed by atoms with van der Waals surface area (Å²) >= 11 is 1.55. The molecule has 0 radical (unpaired) electrons. The SMILES string of the molecule is CNC(=O)NCc1ccc2c(c1)NC(=O)C(C)S2. The number of urea groups is 1. The quantitative estimate of drug-likeness (QED) is 0.760. The van der Waals surface area contributed by atoms with Crippen LogP contribution in [0.4, 0.5) is 10.5 Å². The fourth-order valence-corrected chi connectivity index (χ4v) is 2.57. The van der Waals surface area contributed by atoms with Crippen molar-refractivity contribution in [1.82, 2.24) is 10.6 Å². The highest BCUT2D eigenvalue weighted by Gasteiger charge is 2.22. The lowest BCUT2D eigenvalue weighted by Crippen LogP contribution is -2.32. The Morgan fingerprint density at radius 1 is 1.50 bits per heavy atom. The Balaban J connectivity index is 2.10. The van der Waals surface area contributed by atoms with Crippen LogP contribution in [0.1, 0.15) is 12.5 Å². The number of benzene rings is 1. The molecule has 3 amide bonds. The van der Waals surface area contributed by atoms with Crippen molar-refractivity contribution >= 4 is 29.4 Å². The summed E-state index contributed by atoms with van der Waals surface area (Å²) in [6.07, 6.45) is 0. The van der Waals surface area contributed by atoms with Crippen molar-refractivity contribution in [3.8, 4) is 0 Å². The minimum absolute atomic E-state index is 0.0175. The van der Waals surface area contributed by atoms with E-state index in [9.17, 15) is 9.59 Å². The molecule has 0 saturated carbocycles. The molecule has 6 heteroatoms. The van der Waals surface area contributed by atoms with Gasteiger partial charge in [0.25, 0.3) is 0 Å².